The van der Waals surface area contributed by atoms with E-state index in [0.29, 0.717) is 58.1 Å². The molecule has 1 unspecified atom stereocenters. The van der Waals surface area contributed by atoms with Gasteiger partial charge in [0, 0.05) is 35.6 Å². The number of fused-ring (bicyclic) bond motifs is 1. The zero-order valence-corrected chi connectivity index (χ0v) is 22.6. The predicted octanol–water partition coefficient (Wildman–Crippen LogP) is 2.15. The normalized spacial score (nSPS) is 18.9. The second-order valence-corrected chi connectivity index (χ2v) is 11.4. The Morgan fingerprint density at radius 3 is 2.74 bits per heavy atom. The Hall–Kier alpha value is -4.06. The number of carbonyl (C=O) groups excluding carboxylic acids is 2. The van der Waals surface area contributed by atoms with Crippen LogP contribution in [0.2, 0.25) is 0 Å². The summed E-state index contributed by atoms with van der Waals surface area (Å²) >= 11 is 0. The van der Waals surface area contributed by atoms with Crippen molar-refractivity contribution in [3.63, 3.8) is 0 Å². The Morgan fingerprint density at radius 2 is 2.05 bits per heavy atom. The van der Waals surface area contributed by atoms with E-state index in [1.165, 1.54) is 0 Å². The summed E-state index contributed by atoms with van der Waals surface area (Å²) in [5.41, 5.74) is 4.66. The number of hydrogen-bond donors (Lipinski definition) is 4. The topological polar surface area (TPSA) is 163 Å². The van der Waals surface area contributed by atoms with Crippen molar-refractivity contribution in [2.24, 2.45) is 0 Å². The molecule has 0 saturated carbocycles. The van der Waals surface area contributed by atoms with Crippen molar-refractivity contribution in [2.75, 3.05) is 12.3 Å². The Kier molecular flexibility index (Phi) is 7.91. The summed E-state index contributed by atoms with van der Waals surface area (Å²) in [5.74, 6) is -0.156. The number of hydrogen-bond acceptors (Lipinski definition) is 7. The van der Waals surface area contributed by atoms with Crippen LogP contribution >= 0.6 is 0 Å². The van der Waals surface area contributed by atoms with Crippen molar-refractivity contribution in [2.45, 2.75) is 45.8 Å². The Balaban J connectivity index is 1.58. The third kappa shape index (κ3) is 5.59. The van der Waals surface area contributed by atoms with Gasteiger partial charge < -0.3 is 15.6 Å². The summed E-state index contributed by atoms with van der Waals surface area (Å²) in [7, 11) is -3.50. The van der Waals surface area contributed by atoms with Crippen LogP contribution in [-0.2, 0) is 21.1 Å². The van der Waals surface area contributed by atoms with Gasteiger partial charge in [-0.15, -0.1) is 10.2 Å². The van der Waals surface area contributed by atoms with Crippen LogP contribution in [0.25, 0.3) is 6.08 Å². The number of aryl methyl sites for hydroxylation is 1. The minimum Gasteiger partial charge on any atom is -0.358 e. The van der Waals surface area contributed by atoms with Crippen LogP contribution in [0.15, 0.2) is 52.8 Å². The minimum atomic E-state index is -3.50. The fourth-order valence-corrected chi connectivity index (χ4v) is 6.27. The lowest BCUT2D eigenvalue weighted by molar-refractivity contribution is -0.115. The van der Waals surface area contributed by atoms with Crippen molar-refractivity contribution in [3.05, 3.63) is 81.1 Å². The van der Waals surface area contributed by atoms with Gasteiger partial charge in [-0.25, -0.2) is 8.42 Å². The first kappa shape index (κ1) is 27.0. The molecule has 0 bridgehead atoms. The van der Waals surface area contributed by atoms with E-state index in [2.05, 4.69) is 36.2 Å². The van der Waals surface area contributed by atoms with E-state index in [4.69, 9.17) is 0 Å². The Morgan fingerprint density at radius 1 is 1.26 bits per heavy atom. The lowest BCUT2D eigenvalue weighted by Gasteiger charge is -2.18. The number of tetrazole rings is 1. The van der Waals surface area contributed by atoms with Gasteiger partial charge in [0.05, 0.1) is 22.1 Å². The maximum Gasteiger partial charge on any atom is 0.256 e. The van der Waals surface area contributed by atoms with Gasteiger partial charge in [0.15, 0.2) is 15.7 Å². The number of sulfone groups is 1. The fraction of sp³-hybridized carbons (Fsp3) is 0.346. The standard InChI is InChI=1S/C26H31N7O4S/c1-5-7-17(6-2)14-38(36,37)18-8-9-21-19(12-18)20(25(34)29-21)13-22-15(3)24(16(4)28-22)26(35)27-11-10-23-30-32-33-31-23/h5-7,9,12-13,18,28H,8,10-11,14H2,1-4H3,(H,27,35)(H,29,34)(H,30,31,32,33). The number of aromatic nitrogens is 5. The van der Waals surface area contributed by atoms with Gasteiger partial charge in [0.2, 0.25) is 0 Å². The summed E-state index contributed by atoms with van der Waals surface area (Å²) in [6.07, 6.45) is 11.2. The molecule has 3 heterocycles. The summed E-state index contributed by atoms with van der Waals surface area (Å²) < 4.78 is 26.3. The van der Waals surface area contributed by atoms with Crippen LogP contribution in [0.5, 0.6) is 0 Å². The number of rotatable bonds is 9. The maximum atomic E-state index is 13.2. The van der Waals surface area contributed by atoms with Crippen LogP contribution in [0.1, 0.15) is 53.4 Å². The molecule has 0 spiro atoms. The lowest BCUT2D eigenvalue weighted by atomic mass is 9.98. The Labute approximate surface area is 221 Å². The highest BCUT2D eigenvalue weighted by Crippen LogP contribution is 2.34. The van der Waals surface area contributed by atoms with Crippen LogP contribution in [0.4, 0.5) is 0 Å². The van der Waals surface area contributed by atoms with Crippen molar-refractivity contribution in [3.8, 4) is 0 Å². The molecule has 1 atom stereocenters. The first-order valence-corrected chi connectivity index (χ1v) is 14.0. The van der Waals surface area contributed by atoms with Crippen molar-refractivity contribution < 1.29 is 18.0 Å². The molecule has 38 heavy (non-hydrogen) atoms. The highest BCUT2D eigenvalue weighted by molar-refractivity contribution is 7.92. The molecule has 0 radical (unpaired) electrons. The monoisotopic (exact) mass is 537 g/mol. The van der Waals surface area contributed by atoms with Crippen LogP contribution in [0, 0.1) is 13.8 Å². The number of carbonyl (C=O) groups is 2. The third-order valence-corrected chi connectivity index (χ3v) is 8.56. The molecule has 12 heteroatoms. The Bertz CT molecular complexity index is 1510. The first-order chi connectivity index (χ1) is 18.1. The van der Waals surface area contributed by atoms with E-state index in [-0.39, 0.29) is 24.0 Å². The summed E-state index contributed by atoms with van der Waals surface area (Å²) in [5, 5.41) is 18.5. The molecule has 2 amide bonds. The van der Waals surface area contributed by atoms with Gasteiger partial charge in [-0.2, -0.15) is 5.21 Å². The minimum absolute atomic E-state index is 0.0774. The number of amides is 2. The van der Waals surface area contributed by atoms with Crippen LogP contribution < -0.4 is 10.6 Å². The van der Waals surface area contributed by atoms with Gasteiger partial charge in [-0.1, -0.05) is 35.6 Å². The second-order valence-electron chi connectivity index (χ2n) is 9.15. The van der Waals surface area contributed by atoms with Crippen LogP contribution in [0.3, 0.4) is 0 Å². The molecule has 1 fully saturated rings. The van der Waals surface area contributed by atoms with Gasteiger partial charge >= 0.3 is 0 Å². The summed E-state index contributed by atoms with van der Waals surface area (Å²) in [4.78, 5) is 28.9. The molecule has 4 N–H and O–H groups in total. The number of H-pyrrole nitrogens is 2. The van der Waals surface area contributed by atoms with E-state index in [9.17, 15) is 18.0 Å². The quantitative estimate of drug-likeness (QED) is 0.281. The third-order valence-electron chi connectivity index (χ3n) is 6.58. The number of nitrogens with zero attached hydrogens (tertiary/aromatic N) is 3. The van der Waals surface area contributed by atoms with Crippen molar-refractivity contribution in [1.29, 1.82) is 0 Å². The molecular formula is C26H31N7O4S. The SMILES string of the molecule is CC=CC(=CC)CS(=O)(=O)C1C=C2C(=CC1)NC(=O)C2=Cc1[nH]c(C)c(C(=O)NCCc2nn[nH]n2)c1C. The van der Waals surface area contributed by atoms with E-state index >= 15 is 0 Å². The van der Waals surface area contributed by atoms with Crippen molar-refractivity contribution in [1.82, 2.24) is 36.2 Å². The molecule has 2 aliphatic rings. The van der Waals surface area contributed by atoms with Gasteiger partial charge in [0.25, 0.3) is 11.8 Å². The molecular weight excluding hydrogens is 506 g/mol. The molecule has 11 nitrogen and oxygen atoms in total. The molecule has 1 aliphatic heterocycles. The van der Waals surface area contributed by atoms with E-state index in [0.717, 1.165) is 5.57 Å². The smallest absolute Gasteiger partial charge is 0.256 e. The molecule has 0 aromatic carbocycles. The highest BCUT2D eigenvalue weighted by Gasteiger charge is 2.34. The summed E-state index contributed by atoms with van der Waals surface area (Å²) in [6.45, 7) is 7.58. The van der Waals surface area contributed by atoms with E-state index in [1.807, 2.05) is 19.9 Å². The maximum absolute atomic E-state index is 13.2. The van der Waals surface area contributed by atoms with E-state index < -0.39 is 15.1 Å². The highest BCUT2D eigenvalue weighted by atomic mass is 32.2. The largest absolute Gasteiger partial charge is 0.358 e. The molecule has 200 valence electrons. The zero-order chi connectivity index (χ0) is 27.4. The van der Waals surface area contributed by atoms with E-state index in [1.54, 1.807) is 44.2 Å². The van der Waals surface area contributed by atoms with Gasteiger partial charge in [-0.05, 0) is 51.3 Å². The molecule has 2 aromatic rings. The molecule has 1 saturated heterocycles. The van der Waals surface area contributed by atoms with Crippen LogP contribution in [-0.4, -0.2) is 63.4 Å². The number of allylic oxidation sites excluding steroid dienone is 5. The van der Waals surface area contributed by atoms with Crippen molar-refractivity contribution >= 4 is 27.7 Å². The zero-order valence-electron chi connectivity index (χ0n) is 21.8. The second kappa shape index (κ2) is 11.1. The number of nitrogens with one attached hydrogen (secondary N) is 4. The summed E-state index contributed by atoms with van der Waals surface area (Å²) in [6, 6.07) is 0. The number of aromatic amines is 2. The van der Waals surface area contributed by atoms with Gasteiger partial charge in [0.1, 0.15) is 0 Å². The van der Waals surface area contributed by atoms with Gasteiger partial charge in [-0.3, -0.25) is 9.59 Å². The average Bonchev–Trinajstić information content (AvgIpc) is 3.57. The molecule has 4 rings (SSSR count). The first-order valence-electron chi connectivity index (χ1n) is 12.3. The molecule has 1 aliphatic carbocycles. The lowest BCUT2D eigenvalue weighted by Crippen LogP contribution is -2.26. The predicted molar refractivity (Wildman–Crippen MR) is 144 cm³/mol. The fourth-order valence-electron chi connectivity index (χ4n) is 4.60. The molecule has 2 aromatic heterocycles. The average molecular weight is 538 g/mol.